The smallest absolute Gasteiger partial charge is 0.242 e. The molecule has 2 saturated heterocycles. The fourth-order valence-corrected chi connectivity index (χ4v) is 2.92. The topological polar surface area (TPSA) is 65.0 Å². The SMILES string of the molecule is CC1COC(CO)CN1C(=O)C(C)(C)N1CCNCC1. The van der Waals surface area contributed by atoms with Crippen molar-refractivity contribution in [1.82, 2.24) is 15.1 Å². The molecule has 2 fully saturated rings. The van der Waals surface area contributed by atoms with E-state index in [0.29, 0.717) is 13.2 Å². The van der Waals surface area contributed by atoms with E-state index in [9.17, 15) is 9.90 Å². The maximum atomic E-state index is 12.9. The largest absolute Gasteiger partial charge is 0.394 e. The lowest BCUT2D eigenvalue weighted by molar-refractivity contribution is -0.157. The molecule has 0 spiro atoms. The molecule has 0 aromatic rings. The van der Waals surface area contributed by atoms with Crippen LogP contribution in [0.25, 0.3) is 0 Å². The van der Waals surface area contributed by atoms with E-state index in [-0.39, 0.29) is 24.7 Å². The first-order chi connectivity index (χ1) is 9.46. The van der Waals surface area contributed by atoms with Crippen LogP contribution in [0.2, 0.25) is 0 Å². The van der Waals surface area contributed by atoms with Crippen molar-refractivity contribution in [3.8, 4) is 0 Å². The first-order valence-corrected chi connectivity index (χ1v) is 7.46. The molecule has 2 heterocycles. The Labute approximate surface area is 121 Å². The molecule has 20 heavy (non-hydrogen) atoms. The highest BCUT2D eigenvalue weighted by Gasteiger charge is 2.41. The van der Waals surface area contributed by atoms with Crippen LogP contribution in [0.3, 0.4) is 0 Å². The summed E-state index contributed by atoms with van der Waals surface area (Å²) in [7, 11) is 0. The fourth-order valence-electron chi connectivity index (χ4n) is 2.92. The molecule has 0 bridgehead atoms. The molecule has 2 aliphatic rings. The number of aliphatic hydroxyl groups excluding tert-OH is 1. The highest BCUT2D eigenvalue weighted by atomic mass is 16.5. The van der Waals surface area contributed by atoms with E-state index in [1.807, 2.05) is 25.7 Å². The van der Waals surface area contributed by atoms with Gasteiger partial charge in [0.15, 0.2) is 0 Å². The summed E-state index contributed by atoms with van der Waals surface area (Å²) in [5, 5.41) is 12.6. The average Bonchev–Trinajstić information content (AvgIpc) is 2.48. The van der Waals surface area contributed by atoms with E-state index in [4.69, 9.17) is 4.74 Å². The maximum absolute atomic E-state index is 12.9. The summed E-state index contributed by atoms with van der Waals surface area (Å²) in [6, 6.07) is 0.0625. The van der Waals surface area contributed by atoms with Gasteiger partial charge in [0, 0.05) is 32.7 Å². The van der Waals surface area contributed by atoms with Crippen LogP contribution in [0.5, 0.6) is 0 Å². The summed E-state index contributed by atoms with van der Waals surface area (Å²) in [5.74, 6) is 0.133. The Hall–Kier alpha value is -0.690. The minimum absolute atomic E-state index is 0.0371. The van der Waals surface area contributed by atoms with Gasteiger partial charge in [-0.1, -0.05) is 0 Å². The number of nitrogens with zero attached hydrogens (tertiary/aromatic N) is 2. The number of amides is 1. The molecular weight excluding hydrogens is 258 g/mol. The van der Waals surface area contributed by atoms with Crippen LogP contribution in [0.1, 0.15) is 20.8 Å². The second-order valence-corrected chi connectivity index (χ2v) is 6.24. The summed E-state index contributed by atoms with van der Waals surface area (Å²) in [6.07, 6.45) is -0.256. The number of hydrogen-bond acceptors (Lipinski definition) is 5. The monoisotopic (exact) mass is 285 g/mol. The fraction of sp³-hybridized carbons (Fsp3) is 0.929. The van der Waals surface area contributed by atoms with Crippen molar-refractivity contribution in [3.05, 3.63) is 0 Å². The number of morpholine rings is 1. The number of rotatable bonds is 3. The molecule has 2 atom stereocenters. The van der Waals surface area contributed by atoms with Gasteiger partial charge >= 0.3 is 0 Å². The molecule has 2 N–H and O–H groups in total. The molecule has 116 valence electrons. The van der Waals surface area contributed by atoms with Gasteiger partial charge in [0.1, 0.15) is 0 Å². The molecule has 0 aliphatic carbocycles. The molecule has 2 unspecified atom stereocenters. The van der Waals surface area contributed by atoms with Crippen LogP contribution in [0.4, 0.5) is 0 Å². The minimum Gasteiger partial charge on any atom is -0.394 e. The number of carbonyl (C=O) groups excluding carboxylic acids is 1. The average molecular weight is 285 g/mol. The molecule has 2 rings (SSSR count). The quantitative estimate of drug-likeness (QED) is 0.716. The Morgan fingerprint density at radius 2 is 2.05 bits per heavy atom. The van der Waals surface area contributed by atoms with Crippen molar-refractivity contribution >= 4 is 5.91 Å². The molecular formula is C14H27N3O3. The van der Waals surface area contributed by atoms with Crippen molar-refractivity contribution < 1.29 is 14.6 Å². The van der Waals surface area contributed by atoms with Gasteiger partial charge in [0.2, 0.25) is 5.91 Å². The van der Waals surface area contributed by atoms with Gasteiger partial charge < -0.3 is 20.1 Å². The predicted molar refractivity (Wildman–Crippen MR) is 76.5 cm³/mol. The van der Waals surface area contributed by atoms with E-state index < -0.39 is 5.54 Å². The standard InChI is InChI=1S/C14H27N3O3/c1-11-10-20-12(9-18)8-17(11)13(19)14(2,3)16-6-4-15-5-7-16/h11-12,15,18H,4-10H2,1-3H3. The van der Waals surface area contributed by atoms with Crippen molar-refractivity contribution in [3.63, 3.8) is 0 Å². The van der Waals surface area contributed by atoms with Crippen molar-refractivity contribution in [2.75, 3.05) is 45.9 Å². The third-order valence-corrected chi connectivity index (χ3v) is 4.40. The minimum atomic E-state index is -0.506. The summed E-state index contributed by atoms with van der Waals surface area (Å²) >= 11 is 0. The number of ether oxygens (including phenoxy) is 1. The zero-order chi connectivity index (χ0) is 14.8. The van der Waals surface area contributed by atoms with Gasteiger partial charge in [-0.15, -0.1) is 0 Å². The second kappa shape index (κ2) is 6.39. The van der Waals surface area contributed by atoms with Crippen LogP contribution in [-0.2, 0) is 9.53 Å². The van der Waals surface area contributed by atoms with Crippen molar-refractivity contribution in [1.29, 1.82) is 0 Å². The zero-order valence-electron chi connectivity index (χ0n) is 12.8. The van der Waals surface area contributed by atoms with E-state index >= 15 is 0 Å². The second-order valence-electron chi connectivity index (χ2n) is 6.24. The van der Waals surface area contributed by atoms with Crippen LogP contribution in [0.15, 0.2) is 0 Å². The van der Waals surface area contributed by atoms with Crippen molar-refractivity contribution in [2.24, 2.45) is 0 Å². The third kappa shape index (κ3) is 3.14. The highest BCUT2D eigenvalue weighted by molar-refractivity contribution is 5.86. The Morgan fingerprint density at radius 3 is 2.65 bits per heavy atom. The Morgan fingerprint density at radius 1 is 1.40 bits per heavy atom. The maximum Gasteiger partial charge on any atom is 0.242 e. The Kier molecular flexibility index (Phi) is 5.01. The summed E-state index contributed by atoms with van der Waals surface area (Å²) < 4.78 is 5.51. The van der Waals surface area contributed by atoms with E-state index in [0.717, 1.165) is 26.2 Å². The van der Waals surface area contributed by atoms with Gasteiger partial charge in [-0.2, -0.15) is 0 Å². The Balaban J connectivity index is 2.07. The lowest BCUT2D eigenvalue weighted by Crippen LogP contribution is -2.64. The summed E-state index contributed by atoms with van der Waals surface area (Å²) in [4.78, 5) is 17.0. The lowest BCUT2D eigenvalue weighted by Gasteiger charge is -2.46. The van der Waals surface area contributed by atoms with Gasteiger partial charge in [-0.05, 0) is 20.8 Å². The molecule has 0 aromatic heterocycles. The molecule has 0 saturated carbocycles. The van der Waals surface area contributed by atoms with Gasteiger partial charge in [0.25, 0.3) is 0 Å². The number of aliphatic hydroxyl groups is 1. The molecule has 2 aliphatic heterocycles. The summed E-state index contributed by atoms with van der Waals surface area (Å²) in [5.41, 5.74) is -0.506. The van der Waals surface area contributed by atoms with Crippen LogP contribution >= 0.6 is 0 Å². The van der Waals surface area contributed by atoms with Gasteiger partial charge in [-0.25, -0.2) is 0 Å². The first kappa shape index (κ1) is 15.7. The third-order valence-electron chi connectivity index (χ3n) is 4.40. The van der Waals surface area contributed by atoms with E-state index in [1.54, 1.807) is 0 Å². The predicted octanol–water partition coefficient (Wildman–Crippen LogP) is -0.722. The van der Waals surface area contributed by atoms with E-state index in [2.05, 4.69) is 10.2 Å². The number of nitrogens with one attached hydrogen (secondary N) is 1. The van der Waals surface area contributed by atoms with Crippen LogP contribution in [0, 0.1) is 0 Å². The van der Waals surface area contributed by atoms with Crippen molar-refractivity contribution in [2.45, 2.75) is 38.5 Å². The summed E-state index contributed by atoms with van der Waals surface area (Å²) in [6.45, 7) is 10.6. The highest BCUT2D eigenvalue weighted by Crippen LogP contribution is 2.22. The molecule has 6 nitrogen and oxygen atoms in total. The molecule has 1 amide bonds. The lowest BCUT2D eigenvalue weighted by atomic mass is 9.97. The Bertz CT molecular complexity index is 343. The molecule has 0 aromatic carbocycles. The van der Waals surface area contributed by atoms with Crippen LogP contribution < -0.4 is 5.32 Å². The zero-order valence-corrected chi connectivity index (χ0v) is 12.8. The molecule has 0 radical (unpaired) electrons. The van der Waals surface area contributed by atoms with Crippen LogP contribution in [-0.4, -0.2) is 84.4 Å². The number of carbonyl (C=O) groups is 1. The number of piperazine rings is 1. The number of hydrogen-bond donors (Lipinski definition) is 2. The van der Waals surface area contributed by atoms with E-state index in [1.165, 1.54) is 0 Å². The molecule has 6 heteroatoms. The van der Waals surface area contributed by atoms with Gasteiger partial charge in [-0.3, -0.25) is 9.69 Å². The normalized spacial score (nSPS) is 29.5. The first-order valence-electron chi connectivity index (χ1n) is 7.46. The van der Waals surface area contributed by atoms with Gasteiger partial charge in [0.05, 0.1) is 30.9 Å².